The Morgan fingerprint density at radius 3 is 2.53 bits per heavy atom. The SMILES string of the molecule is COC(=O)CCCN(C)C(=O)NOCC(=O)O. The van der Waals surface area contributed by atoms with E-state index in [1.165, 1.54) is 19.1 Å². The Kier molecular flexibility index (Phi) is 7.44. The lowest BCUT2D eigenvalue weighted by molar-refractivity contribution is -0.144. The first-order valence-corrected chi connectivity index (χ1v) is 4.89. The molecule has 0 aliphatic carbocycles. The van der Waals surface area contributed by atoms with Crippen molar-refractivity contribution >= 4 is 18.0 Å². The Morgan fingerprint density at radius 1 is 1.35 bits per heavy atom. The van der Waals surface area contributed by atoms with Crippen molar-refractivity contribution < 1.29 is 29.1 Å². The number of hydrogen-bond donors (Lipinski definition) is 2. The molecule has 0 aromatic rings. The molecule has 0 radical (unpaired) electrons. The predicted octanol–water partition coefficient (Wildman–Crippen LogP) is -0.403. The predicted molar refractivity (Wildman–Crippen MR) is 56.0 cm³/mol. The lowest BCUT2D eigenvalue weighted by Gasteiger charge is -2.16. The van der Waals surface area contributed by atoms with E-state index in [0.717, 1.165) is 0 Å². The maximum Gasteiger partial charge on any atom is 0.341 e. The zero-order chi connectivity index (χ0) is 13.3. The van der Waals surface area contributed by atoms with Crippen molar-refractivity contribution in [3.05, 3.63) is 0 Å². The number of nitrogens with one attached hydrogen (secondary N) is 1. The largest absolute Gasteiger partial charge is 0.479 e. The number of nitrogens with zero attached hydrogens (tertiary/aromatic N) is 1. The van der Waals surface area contributed by atoms with Gasteiger partial charge in [-0.15, -0.1) is 0 Å². The topological polar surface area (TPSA) is 105 Å². The number of rotatable bonds is 7. The van der Waals surface area contributed by atoms with Crippen molar-refractivity contribution in [2.75, 3.05) is 27.3 Å². The fourth-order valence-corrected chi connectivity index (χ4v) is 0.902. The van der Waals surface area contributed by atoms with Gasteiger partial charge in [-0.25, -0.2) is 15.1 Å². The fraction of sp³-hybridized carbons (Fsp3) is 0.667. The fourth-order valence-electron chi connectivity index (χ4n) is 0.902. The van der Waals surface area contributed by atoms with Gasteiger partial charge < -0.3 is 14.7 Å². The summed E-state index contributed by atoms with van der Waals surface area (Å²) in [7, 11) is 2.79. The Morgan fingerprint density at radius 2 is 2.00 bits per heavy atom. The molecule has 0 rings (SSSR count). The van der Waals surface area contributed by atoms with Crippen LogP contribution in [0.4, 0.5) is 4.79 Å². The number of ether oxygens (including phenoxy) is 1. The van der Waals surface area contributed by atoms with Gasteiger partial charge in [0.2, 0.25) is 0 Å². The van der Waals surface area contributed by atoms with Crippen LogP contribution >= 0.6 is 0 Å². The van der Waals surface area contributed by atoms with Gasteiger partial charge in [0.1, 0.15) is 0 Å². The molecule has 2 N–H and O–H groups in total. The van der Waals surface area contributed by atoms with E-state index >= 15 is 0 Å². The van der Waals surface area contributed by atoms with Crippen molar-refractivity contribution in [1.82, 2.24) is 10.4 Å². The number of esters is 1. The van der Waals surface area contributed by atoms with E-state index in [1.807, 2.05) is 5.48 Å². The molecule has 98 valence electrons. The molecule has 2 amide bonds. The van der Waals surface area contributed by atoms with Gasteiger partial charge in [0.25, 0.3) is 0 Å². The minimum absolute atomic E-state index is 0.212. The van der Waals surface area contributed by atoms with Crippen LogP contribution in [-0.4, -0.2) is 55.3 Å². The third kappa shape index (κ3) is 8.03. The van der Waals surface area contributed by atoms with Crippen LogP contribution in [0.1, 0.15) is 12.8 Å². The third-order valence-corrected chi connectivity index (χ3v) is 1.80. The Labute approximate surface area is 98.4 Å². The highest BCUT2D eigenvalue weighted by Crippen LogP contribution is 1.95. The molecule has 0 aromatic carbocycles. The molecular weight excluding hydrogens is 232 g/mol. The smallest absolute Gasteiger partial charge is 0.341 e. The number of hydrogen-bond acceptors (Lipinski definition) is 5. The zero-order valence-corrected chi connectivity index (χ0v) is 9.76. The van der Waals surface area contributed by atoms with Crippen LogP contribution < -0.4 is 5.48 Å². The number of methoxy groups -OCH3 is 1. The van der Waals surface area contributed by atoms with Crippen LogP contribution in [-0.2, 0) is 19.2 Å². The van der Waals surface area contributed by atoms with E-state index in [2.05, 4.69) is 9.57 Å². The first kappa shape index (κ1) is 15.2. The molecule has 0 spiro atoms. The molecule has 0 heterocycles. The average Bonchev–Trinajstić information content (AvgIpc) is 2.27. The van der Waals surface area contributed by atoms with Gasteiger partial charge in [-0.1, -0.05) is 0 Å². The van der Waals surface area contributed by atoms with Gasteiger partial charge in [0, 0.05) is 20.0 Å². The van der Waals surface area contributed by atoms with Crippen molar-refractivity contribution in [2.45, 2.75) is 12.8 Å². The van der Waals surface area contributed by atoms with Gasteiger partial charge >= 0.3 is 18.0 Å². The van der Waals surface area contributed by atoms with Crippen LogP contribution in [0.5, 0.6) is 0 Å². The summed E-state index contributed by atoms with van der Waals surface area (Å²) in [6.07, 6.45) is 0.666. The average molecular weight is 248 g/mol. The summed E-state index contributed by atoms with van der Waals surface area (Å²) in [5, 5.41) is 8.25. The lowest BCUT2D eigenvalue weighted by atomic mass is 10.3. The van der Waals surface area contributed by atoms with Crippen LogP contribution in [0.15, 0.2) is 0 Å². The van der Waals surface area contributed by atoms with Crippen molar-refractivity contribution in [3.63, 3.8) is 0 Å². The molecule has 0 unspecified atom stereocenters. The van der Waals surface area contributed by atoms with E-state index in [0.29, 0.717) is 13.0 Å². The van der Waals surface area contributed by atoms with Crippen molar-refractivity contribution in [2.24, 2.45) is 0 Å². The Hall–Kier alpha value is -1.83. The van der Waals surface area contributed by atoms with Crippen LogP contribution in [0.3, 0.4) is 0 Å². The number of carboxylic acid groups (broad SMARTS) is 1. The van der Waals surface area contributed by atoms with Gasteiger partial charge in [-0.3, -0.25) is 9.63 Å². The minimum Gasteiger partial charge on any atom is -0.479 e. The number of carbonyl (C=O) groups is 3. The molecule has 0 saturated carbocycles. The maximum absolute atomic E-state index is 11.3. The van der Waals surface area contributed by atoms with Gasteiger partial charge in [0.05, 0.1) is 7.11 Å². The molecule has 0 atom stereocenters. The first-order valence-electron chi connectivity index (χ1n) is 4.89. The lowest BCUT2D eigenvalue weighted by Crippen LogP contribution is -2.38. The summed E-state index contributed by atoms with van der Waals surface area (Å²) in [4.78, 5) is 37.8. The summed E-state index contributed by atoms with van der Waals surface area (Å²) >= 11 is 0. The third-order valence-electron chi connectivity index (χ3n) is 1.80. The van der Waals surface area contributed by atoms with Crippen LogP contribution in [0, 0.1) is 0 Å². The molecule has 0 saturated heterocycles. The number of hydroxylamine groups is 1. The van der Waals surface area contributed by atoms with E-state index in [1.54, 1.807) is 0 Å². The van der Waals surface area contributed by atoms with Crippen molar-refractivity contribution in [1.29, 1.82) is 0 Å². The highest BCUT2D eigenvalue weighted by Gasteiger charge is 2.09. The highest BCUT2D eigenvalue weighted by molar-refractivity contribution is 5.73. The summed E-state index contributed by atoms with van der Waals surface area (Å²) in [5.41, 5.74) is 1.96. The quantitative estimate of drug-likeness (QED) is 0.469. The number of carbonyl (C=O) groups excluding carboxylic acids is 2. The number of aliphatic carboxylic acids is 1. The van der Waals surface area contributed by atoms with Crippen LogP contribution in [0.2, 0.25) is 0 Å². The summed E-state index contributed by atoms with van der Waals surface area (Å²) in [6.45, 7) is -0.279. The van der Waals surface area contributed by atoms with E-state index < -0.39 is 18.6 Å². The molecular formula is C9H16N2O6. The van der Waals surface area contributed by atoms with Crippen LogP contribution in [0.25, 0.3) is 0 Å². The van der Waals surface area contributed by atoms with Gasteiger partial charge in [0.15, 0.2) is 6.61 Å². The first-order chi connectivity index (χ1) is 7.97. The highest BCUT2D eigenvalue weighted by atomic mass is 16.7. The molecule has 0 aliphatic rings. The Bertz CT molecular complexity index is 281. The summed E-state index contributed by atoms with van der Waals surface area (Å²) in [6, 6.07) is -0.573. The Balaban J connectivity index is 3.67. The second-order valence-corrected chi connectivity index (χ2v) is 3.19. The standard InChI is InChI=1S/C9H16N2O6/c1-11(5-3-4-8(14)16-2)9(15)10-17-6-7(12)13/h3-6H2,1-2H3,(H,10,15)(H,12,13). The molecule has 0 aliphatic heterocycles. The van der Waals surface area contributed by atoms with Gasteiger partial charge in [-0.2, -0.15) is 0 Å². The number of carboxylic acids is 1. The van der Waals surface area contributed by atoms with Gasteiger partial charge in [-0.05, 0) is 6.42 Å². The second-order valence-electron chi connectivity index (χ2n) is 3.19. The maximum atomic E-state index is 11.3. The molecule has 17 heavy (non-hydrogen) atoms. The molecule has 0 aromatic heterocycles. The molecule has 8 heteroatoms. The van der Waals surface area contributed by atoms with E-state index in [-0.39, 0.29) is 12.4 Å². The zero-order valence-electron chi connectivity index (χ0n) is 9.76. The second kappa shape index (κ2) is 8.34. The number of amides is 2. The molecule has 8 nitrogen and oxygen atoms in total. The monoisotopic (exact) mass is 248 g/mol. The normalized spacial score (nSPS) is 9.53. The van der Waals surface area contributed by atoms with Crippen molar-refractivity contribution in [3.8, 4) is 0 Å². The van der Waals surface area contributed by atoms with E-state index in [9.17, 15) is 14.4 Å². The minimum atomic E-state index is -1.18. The molecule has 0 bridgehead atoms. The van der Waals surface area contributed by atoms with E-state index in [4.69, 9.17) is 5.11 Å². The summed E-state index contributed by atoms with van der Waals surface area (Å²) in [5.74, 6) is -1.53. The number of urea groups is 1. The molecule has 0 fully saturated rings. The summed E-state index contributed by atoms with van der Waals surface area (Å²) < 4.78 is 4.44.